The molecule has 2 aliphatic heterocycles. The average molecular weight is 606 g/mol. The maximum absolute atomic E-state index is 15.0. The van der Waals surface area contributed by atoms with Gasteiger partial charge in [0.15, 0.2) is 0 Å². The lowest BCUT2D eigenvalue weighted by Gasteiger charge is -2.31. The molecule has 0 unspecified atom stereocenters. The standard InChI is InChI=1S/C37H40FN5O2/c38-29-12-6-5-11-26(29)36-39-30-16-15-28-34-32(24-9-3-1-4-10-24)27-14-13-25(37(44)45)23-31(27)43(34)22-21-42(35(28)33(30)40-36)20-19-41-17-7-2-8-18-41/h5-6,11-16,23-24H,1-4,7-10,17-22H2,(H,39,40)(H,44,45). The second kappa shape index (κ2) is 11.6. The van der Waals surface area contributed by atoms with Crippen molar-refractivity contribution >= 4 is 33.6 Å². The summed E-state index contributed by atoms with van der Waals surface area (Å²) in [5.41, 5.74) is 8.34. The van der Waals surface area contributed by atoms with Gasteiger partial charge in [0.1, 0.15) is 17.2 Å². The summed E-state index contributed by atoms with van der Waals surface area (Å²) in [4.78, 5) is 25.7. The van der Waals surface area contributed by atoms with Gasteiger partial charge in [-0.05, 0) is 86.7 Å². The van der Waals surface area contributed by atoms with Crippen LogP contribution >= 0.6 is 0 Å². The molecule has 0 bridgehead atoms. The van der Waals surface area contributed by atoms with Gasteiger partial charge in [0.2, 0.25) is 0 Å². The molecule has 5 aromatic rings. The first kappa shape index (κ1) is 28.3. The van der Waals surface area contributed by atoms with Gasteiger partial charge >= 0.3 is 5.97 Å². The number of fused-ring (bicyclic) bond motifs is 7. The number of likely N-dealkylation sites (tertiary alicyclic amines) is 1. The minimum atomic E-state index is -0.900. The first-order chi connectivity index (χ1) is 22.1. The summed E-state index contributed by atoms with van der Waals surface area (Å²) in [6, 6.07) is 16.8. The second-order valence-corrected chi connectivity index (χ2v) is 13.1. The molecule has 3 aliphatic rings. The van der Waals surface area contributed by atoms with Gasteiger partial charge < -0.3 is 24.5 Å². The van der Waals surface area contributed by atoms with Gasteiger partial charge in [-0.15, -0.1) is 0 Å². The fourth-order valence-electron chi connectivity index (χ4n) is 8.19. The van der Waals surface area contributed by atoms with Crippen molar-refractivity contribution in [1.29, 1.82) is 0 Å². The summed E-state index contributed by atoms with van der Waals surface area (Å²) in [6.45, 7) is 5.66. The number of carboxylic acid groups (broad SMARTS) is 1. The SMILES string of the molecule is O=C(O)c1ccc2c(C3CCCCC3)c3n(c2c1)CCN(CCN1CCCCC1)c1c-3ccc2[nH]c(-c3ccccc3F)nc12. The number of aromatic nitrogens is 3. The van der Waals surface area contributed by atoms with Gasteiger partial charge in [-0.25, -0.2) is 14.2 Å². The van der Waals surface area contributed by atoms with Crippen LogP contribution in [0.3, 0.4) is 0 Å². The zero-order chi connectivity index (χ0) is 30.5. The van der Waals surface area contributed by atoms with Gasteiger partial charge in [-0.1, -0.05) is 43.9 Å². The van der Waals surface area contributed by atoms with Crippen molar-refractivity contribution in [2.45, 2.75) is 63.8 Å². The predicted molar refractivity (Wildman–Crippen MR) is 178 cm³/mol. The molecule has 1 saturated carbocycles. The molecule has 8 rings (SSSR count). The van der Waals surface area contributed by atoms with Gasteiger partial charge in [-0.3, -0.25) is 0 Å². The summed E-state index contributed by atoms with van der Waals surface area (Å²) in [7, 11) is 0. The van der Waals surface area contributed by atoms with E-state index in [1.54, 1.807) is 18.2 Å². The van der Waals surface area contributed by atoms with Crippen LogP contribution in [0.25, 0.3) is 44.6 Å². The molecule has 1 aliphatic carbocycles. The molecule has 0 radical (unpaired) electrons. The van der Waals surface area contributed by atoms with Crippen molar-refractivity contribution in [3.8, 4) is 22.6 Å². The molecule has 1 saturated heterocycles. The maximum atomic E-state index is 15.0. The lowest BCUT2D eigenvalue weighted by atomic mass is 9.81. The number of anilines is 1. The fourth-order valence-corrected chi connectivity index (χ4v) is 8.19. The number of nitrogens with one attached hydrogen (secondary N) is 1. The highest BCUT2D eigenvalue weighted by Gasteiger charge is 2.32. The van der Waals surface area contributed by atoms with Gasteiger partial charge in [0.25, 0.3) is 0 Å². The van der Waals surface area contributed by atoms with E-state index < -0.39 is 5.97 Å². The molecule has 232 valence electrons. The molecule has 3 aromatic carbocycles. The van der Waals surface area contributed by atoms with E-state index in [0.29, 0.717) is 22.9 Å². The highest BCUT2D eigenvalue weighted by atomic mass is 19.1. The van der Waals surface area contributed by atoms with Gasteiger partial charge in [-0.2, -0.15) is 0 Å². The Labute approximate surface area is 262 Å². The van der Waals surface area contributed by atoms with Crippen molar-refractivity contribution < 1.29 is 14.3 Å². The van der Waals surface area contributed by atoms with Crippen LogP contribution in [-0.2, 0) is 6.54 Å². The van der Waals surface area contributed by atoms with E-state index in [1.165, 1.54) is 61.2 Å². The Hall–Kier alpha value is -4.17. The molecule has 2 aromatic heterocycles. The number of imidazole rings is 1. The number of nitrogens with zero attached hydrogens (tertiary/aromatic N) is 4. The molecular weight excluding hydrogens is 565 g/mol. The van der Waals surface area contributed by atoms with E-state index >= 15 is 0 Å². The van der Waals surface area contributed by atoms with Gasteiger partial charge in [0, 0.05) is 42.6 Å². The Morgan fingerprint density at radius 3 is 2.49 bits per heavy atom. The average Bonchev–Trinajstić information content (AvgIpc) is 3.60. The Bertz CT molecular complexity index is 1900. The number of aromatic carboxylic acids is 1. The van der Waals surface area contributed by atoms with E-state index in [4.69, 9.17) is 4.98 Å². The van der Waals surface area contributed by atoms with Crippen molar-refractivity contribution in [3.63, 3.8) is 0 Å². The topological polar surface area (TPSA) is 77.4 Å². The molecule has 7 nitrogen and oxygen atoms in total. The third-order valence-corrected chi connectivity index (χ3v) is 10.4. The third kappa shape index (κ3) is 4.99. The van der Waals surface area contributed by atoms with E-state index in [-0.39, 0.29) is 5.82 Å². The lowest BCUT2D eigenvalue weighted by Crippen LogP contribution is -2.38. The molecular formula is C37H40FN5O2. The Kier molecular flexibility index (Phi) is 7.32. The van der Waals surface area contributed by atoms with Crippen LogP contribution in [0.4, 0.5) is 10.1 Å². The normalized spacial score (nSPS) is 17.8. The predicted octanol–water partition coefficient (Wildman–Crippen LogP) is 8.04. The van der Waals surface area contributed by atoms with Crippen molar-refractivity contribution in [2.75, 3.05) is 37.6 Å². The highest BCUT2D eigenvalue weighted by molar-refractivity contribution is 6.04. The van der Waals surface area contributed by atoms with Gasteiger partial charge in [0.05, 0.1) is 28.0 Å². The lowest BCUT2D eigenvalue weighted by molar-refractivity contribution is 0.0697. The molecule has 2 fully saturated rings. The van der Waals surface area contributed by atoms with E-state index in [9.17, 15) is 14.3 Å². The Balaban J connectivity index is 1.35. The molecule has 45 heavy (non-hydrogen) atoms. The number of H-pyrrole nitrogens is 1. The fraction of sp³-hybridized carbons (Fsp3) is 0.405. The summed E-state index contributed by atoms with van der Waals surface area (Å²) in [6.07, 6.45) is 9.78. The van der Waals surface area contributed by atoms with Crippen LogP contribution in [-0.4, -0.2) is 63.2 Å². The van der Waals surface area contributed by atoms with Crippen LogP contribution in [0, 0.1) is 5.82 Å². The summed E-state index contributed by atoms with van der Waals surface area (Å²) >= 11 is 0. The number of benzene rings is 3. The zero-order valence-corrected chi connectivity index (χ0v) is 25.7. The van der Waals surface area contributed by atoms with Crippen LogP contribution < -0.4 is 4.90 Å². The van der Waals surface area contributed by atoms with Crippen LogP contribution in [0.15, 0.2) is 54.6 Å². The number of carbonyl (C=O) groups is 1. The number of rotatable bonds is 6. The van der Waals surface area contributed by atoms with E-state index in [1.807, 2.05) is 18.2 Å². The van der Waals surface area contributed by atoms with Crippen LogP contribution in [0.5, 0.6) is 0 Å². The monoisotopic (exact) mass is 605 g/mol. The third-order valence-electron chi connectivity index (χ3n) is 10.4. The highest BCUT2D eigenvalue weighted by Crippen LogP contribution is 2.49. The molecule has 4 heterocycles. The maximum Gasteiger partial charge on any atom is 0.335 e. The molecule has 0 amide bonds. The first-order valence-electron chi connectivity index (χ1n) is 16.7. The largest absolute Gasteiger partial charge is 0.478 e. The minimum absolute atomic E-state index is 0.293. The number of aromatic amines is 1. The molecule has 0 atom stereocenters. The summed E-state index contributed by atoms with van der Waals surface area (Å²) < 4.78 is 17.3. The molecule has 0 spiro atoms. The van der Waals surface area contributed by atoms with E-state index in [2.05, 4.69) is 31.5 Å². The second-order valence-electron chi connectivity index (χ2n) is 13.1. The Morgan fingerprint density at radius 2 is 1.69 bits per heavy atom. The smallest absolute Gasteiger partial charge is 0.335 e. The molecule has 2 N–H and O–H groups in total. The number of halogens is 1. The minimum Gasteiger partial charge on any atom is -0.478 e. The van der Waals surface area contributed by atoms with Crippen LogP contribution in [0.2, 0.25) is 0 Å². The van der Waals surface area contributed by atoms with Crippen molar-refractivity contribution in [1.82, 2.24) is 19.4 Å². The zero-order valence-electron chi connectivity index (χ0n) is 25.7. The number of hydrogen-bond donors (Lipinski definition) is 2. The summed E-state index contributed by atoms with van der Waals surface area (Å²) in [5, 5.41) is 11.1. The van der Waals surface area contributed by atoms with Crippen LogP contribution in [0.1, 0.15) is 73.2 Å². The number of carboxylic acids is 1. The quantitative estimate of drug-likeness (QED) is 0.205. The Morgan fingerprint density at radius 1 is 0.889 bits per heavy atom. The number of piperidine rings is 1. The number of hydrogen-bond acceptors (Lipinski definition) is 4. The van der Waals surface area contributed by atoms with Crippen molar-refractivity contribution in [3.05, 3.63) is 71.5 Å². The first-order valence-corrected chi connectivity index (χ1v) is 16.7. The molecule has 8 heteroatoms. The summed E-state index contributed by atoms with van der Waals surface area (Å²) in [5.74, 6) is -0.234. The van der Waals surface area contributed by atoms with Crippen molar-refractivity contribution in [2.24, 2.45) is 0 Å². The van der Waals surface area contributed by atoms with E-state index in [0.717, 1.165) is 79.9 Å².